The van der Waals surface area contributed by atoms with E-state index in [9.17, 15) is 9.18 Å². The minimum atomic E-state index is -0.225. The highest BCUT2D eigenvalue weighted by Crippen LogP contribution is 2.23. The van der Waals surface area contributed by atoms with Crippen molar-refractivity contribution in [2.24, 2.45) is 0 Å². The summed E-state index contributed by atoms with van der Waals surface area (Å²) in [7, 11) is 0. The highest BCUT2D eigenvalue weighted by molar-refractivity contribution is 8.00. The van der Waals surface area contributed by atoms with Gasteiger partial charge in [0.2, 0.25) is 5.91 Å². The molecule has 3 rings (SSSR count). The van der Waals surface area contributed by atoms with Crippen LogP contribution < -0.4 is 5.32 Å². The number of amides is 1. The first-order chi connectivity index (χ1) is 11.7. The van der Waals surface area contributed by atoms with Crippen LogP contribution in [0.2, 0.25) is 0 Å². The summed E-state index contributed by atoms with van der Waals surface area (Å²) in [6, 6.07) is 21.0. The summed E-state index contributed by atoms with van der Waals surface area (Å²) in [5.41, 5.74) is 0.625. The summed E-state index contributed by atoms with van der Waals surface area (Å²) >= 11 is 1.51. The molecule has 0 saturated heterocycles. The molecule has 0 aliphatic heterocycles. The number of thioether (sulfide) groups is 1. The topological polar surface area (TPSA) is 29.1 Å². The fourth-order valence-electron chi connectivity index (χ4n) is 2.49. The van der Waals surface area contributed by atoms with E-state index in [-0.39, 0.29) is 11.7 Å². The first kappa shape index (κ1) is 16.5. The van der Waals surface area contributed by atoms with Crippen LogP contribution in [0.4, 0.5) is 4.39 Å². The molecule has 0 unspecified atom stereocenters. The van der Waals surface area contributed by atoms with Gasteiger partial charge in [-0.3, -0.25) is 4.79 Å². The molecule has 1 N–H and O–H groups in total. The van der Waals surface area contributed by atoms with Gasteiger partial charge in [0.05, 0.1) is 5.75 Å². The van der Waals surface area contributed by atoms with Crippen molar-refractivity contribution in [3.63, 3.8) is 0 Å². The molecule has 3 aromatic rings. The predicted molar refractivity (Wildman–Crippen MR) is 97.8 cm³/mol. The molecule has 0 bridgehead atoms. The van der Waals surface area contributed by atoms with Crippen molar-refractivity contribution >= 4 is 28.4 Å². The third-order valence-corrected chi connectivity index (χ3v) is 4.76. The maximum Gasteiger partial charge on any atom is 0.230 e. The monoisotopic (exact) mass is 339 g/mol. The summed E-state index contributed by atoms with van der Waals surface area (Å²) in [5.74, 6) is 0.0945. The van der Waals surface area contributed by atoms with Crippen molar-refractivity contribution in [1.82, 2.24) is 5.32 Å². The summed E-state index contributed by atoms with van der Waals surface area (Å²) in [4.78, 5) is 13.0. The van der Waals surface area contributed by atoms with E-state index in [1.165, 1.54) is 28.6 Å². The van der Waals surface area contributed by atoms with Crippen molar-refractivity contribution in [2.75, 3.05) is 12.3 Å². The molecule has 24 heavy (non-hydrogen) atoms. The van der Waals surface area contributed by atoms with E-state index in [4.69, 9.17) is 0 Å². The largest absolute Gasteiger partial charge is 0.355 e. The maximum absolute atomic E-state index is 13.5. The molecule has 1 amide bonds. The Hall–Kier alpha value is -2.33. The van der Waals surface area contributed by atoms with Crippen molar-refractivity contribution in [3.05, 3.63) is 78.1 Å². The fourth-order valence-corrected chi connectivity index (χ4v) is 3.27. The number of benzene rings is 3. The van der Waals surface area contributed by atoms with Crippen molar-refractivity contribution in [3.8, 4) is 0 Å². The second-order valence-electron chi connectivity index (χ2n) is 5.49. The predicted octanol–water partition coefficient (Wildman–Crippen LogP) is 4.43. The van der Waals surface area contributed by atoms with Gasteiger partial charge in [-0.1, -0.05) is 48.5 Å². The standard InChI is InChI=1S/C20H18FNOS/c21-19-8-4-3-6-16(19)11-12-22-20(23)14-24-18-10-9-15-5-1-2-7-17(15)13-18/h1-10,13H,11-12,14H2,(H,22,23). The van der Waals surface area contributed by atoms with Crippen LogP contribution in [0.5, 0.6) is 0 Å². The minimum Gasteiger partial charge on any atom is -0.355 e. The zero-order valence-electron chi connectivity index (χ0n) is 13.2. The Morgan fingerprint density at radius 1 is 0.958 bits per heavy atom. The lowest BCUT2D eigenvalue weighted by atomic mass is 10.1. The molecule has 2 nitrogen and oxygen atoms in total. The van der Waals surface area contributed by atoms with Crippen LogP contribution in [-0.2, 0) is 11.2 Å². The Kier molecular flexibility index (Phi) is 5.49. The molecule has 0 saturated carbocycles. The van der Waals surface area contributed by atoms with Crippen molar-refractivity contribution in [1.29, 1.82) is 0 Å². The van der Waals surface area contributed by atoms with Crippen LogP contribution >= 0.6 is 11.8 Å². The third-order valence-electron chi connectivity index (χ3n) is 3.77. The Morgan fingerprint density at radius 2 is 1.71 bits per heavy atom. The van der Waals surface area contributed by atoms with E-state index in [0.717, 1.165) is 4.90 Å². The summed E-state index contributed by atoms with van der Waals surface area (Å²) < 4.78 is 13.5. The number of hydrogen-bond donors (Lipinski definition) is 1. The van der Waals surface area contributed by atoms with E-state index < -0.39 is 0 Å². The molecular weight excluding hydrogens is 321 g/mol. The minimum absolute atomic E-state index is 0.0375. The molecule has 0 fully saturated rings. The average molecular weight is 339 g/mol. The summed E-state index contributed by atoms with van der Waals surface area (Å²) in [5, 5.41) is 5.20. The van der Waals surface area contributed by atoms with Crippen LogP contribution in [0.15, 0.2) is 71.6 Å². The number of carbonyl (C=O) groups excluding carboxylic acids is 1. The number of fused-ring (bicyclic) bond motifs is 1. The summed E-state index contributed by atoms with van der Waals surface area (Å²) in [6.45, 7) is 0.443. The summed E-state index contributed by atoms with van der Waals surface area (Å²) in [6.07, 6.45) is 0.499. The van der Waals surface area contributed by atoms with E-state index in [2.05, 4.69) is 29.6 Å². The maximum atomic E-state index is 13.5. The van der Waals surface area contributed by atoms with Gasteiger partial charge in [-0.05, 0) is 41.0 Å². The molecule has 0 aromatic heterocycles. The van der Waals surface area contributed by atoms with Gasteiger partial charge in [-0.15, -0.1) is 11.8 Å². The highest BCUT2D eigenvalue weighted by Gasteiger charge is 2.05. The van der Waals surface area contributed by atoms with Gasteiger partial charge in [0.25, 0.3) is 0 Å². The van der Waals surface area contributed by atoms with Crippen molar-refractivity contribution in [2.45, 2.75) is 11.3 Å². The van der Waals surface area contributed by atoms with Crippen molar-refractivity contribution < 1.29 is 9.18 Å². The van der Waals surface area contributed by atoms with Crippen LogP contribution in [0, 0.1) is 5.82 Å². The normalized spacial score (nSPS) is 10.7. The average Bonchev–Trinajstić information content (AvgIpc) is 2.61. The lowest BCUT2D eigenvalue weighted by Gasteiger charge is -2.07. The lowest BCUT2D eigenvalue weighted by Crippen LogP contribution is -2.27. The van der Waals surface area contributed by atoms with E-state index in [0.29, 0.717) is 24.3 Å². The molecule has 0 spiro atoms. The fraction of sp³-hybridized carbons (Fsp3) is 0.150. The zero-order valence-corrected chi connectivity index (χ0v) is 14.0. The molecule has 3 aromatic carbocycles. The zero-order chi connectivity index (χ0) is 16.8. The molecule has 0 atom stereocenters. The van der Waals surface area contributed by atoms with Gasteiger partial charge in [0.15, 0.2) is 0 Å². The molecule has 0 heterocycles. The number of hydrogen-bond acceptors (Lipinski definition) is 2. The van der Waals surface area contributed by atoms with E-state index in [1.54, 1.807) is 18.2 Å². The van der Waals surface area contributed by atoms with Crippen LogP contribution in [0.25, 0.3) is 10.8 Å². The SMILES string of the molecule is O=C(CSc1ccc2ccccc2c1)NCCc1ccccc1F. The Labute approximate surface area is 145 Å². The van der Waals surface area contributed by atoms with Gasteiger partial charge in [0.1, 0.15) is 5.82 Å². The van der Waals surface area contributed by atoms with Gasteiger partial charge in [0, 0.05) is 11.4 Å². The second kappa shape index (κ2) is 7.97. The first-order valence-corrected chi connectivity index (χ1v) is 8.82. The quantitative estimate of drug-likeness (QED) is 0.673. The first-order valence-electron chi connectivity index (χ1n) is 7.84. The number of nitrogens with one attached hydrogen (secondary N) is 1. The Bertz CT molecular complexity index is 850. The smallest absolute Gasteiger partial charge is 0.230 e. The van der Waals surface area contributed by atoms with E-state index in [1.807, 2.05) is 18.2 Å². The number of halogens is 1. The van der Waals surface area contributed by atoms with Gasteiger partial charge in [-0.2, -0.15) is 0 Å². The third kappa shape index (κ3) is 4.36. The van der Waals surface area contributed by atoms with E-state index >= 15 is 0 Å². The van der Waals surface area contributed by atoms with Crippen LogP contribution in [-0.4, -0.2) is 18.2 Å². The number of carbonyl (C=O) groups is 1. The van der Waals surface area contributed by atoms with Crippen LogP contribution in [0.1, 0.15) is 5.56 Å². The second-order valence-corrected chi connectivity index (χ2v) is 6.54. The highest BCUT2D eigenvalue weighted by atomic mass is 32.2. The van der Waals surface area contributed by atoms with Crippen LogP contribution in [0.3, 0.4) is 0 Å². The van der Waals surface area contributed by atoms with Gasteiger partial charge >= 0.3 is 0 Å². The lowest BCUT2D eigenvalue weighted by molar-refractivity contribution is -0.118. The Morgan fingerprint density at radius 3 is 2.54 bits per heavy atom. The molecule has 4 heteroatoms. The Balaban J connectivity index is 1.47. The van der Waals surface area contributed by atoms with Gasteiger partial charge < -0.3 is 5.32 Å². The molecule has 122 valence electrons. The molecular formula is C20H18FNOS. The van der Waals surface area contributed by atoms with Gasteiger partial charge in [-0.25, -0.2) is 4.39 Å². The molecule has 0 radical (unpaired) electrons. The molecule has 0 aliphatic rings. The number of rotatable bonds is 6. The molecule has 0 aliphatic carbocycles.